The van der Waals surface area contributed by atoms with Gasteiger partial charge in [-0.05, 0) is 36.6 Å². The second kappa shape index (κ2) is 9.12. The minimum atomic E-state index is 0.202. The van der Waals surface area contributed by atoms with Gasteiger partial charge in [0.2, 0.25) is 0 Å². The van der Waals surface area contributed by atoms with Gasteiger partial charge in [-0.2, -0.15) is 12.6 Å². The summed E-state index contributed by atoms with van der Waals surface area (Å²) in [5.74, 6) is 1.88. The first-order chi connectivity index (χ1) is 9.71. The Morgan fingerprint density at radius 1 is 1.20 bits per heavy atom. The maximum Gasteiger partial charge on any atom is 0.122 e. The Kier molecular flexibility index (Phi) is 7.83. The standard InChI is InChI=1S/C18H28OS/c1-4-9-16-10-7-8-11-17(16)19-14-18(15-20,12-5-2)13-6-3/h4,7-8,10-11,20H,1,5-6,9,12-15H2,2-3H3. The Bertz CT molecular complexity index is 394. The largest absolute Gasteiger partial charge is 0.493 e. The average molecular weight is 292 g/mol. The highest BCUT2D eigenvalue weighted by atomic mass is 32.1. The van der Waals surface area contributed by atoms with Crippen LogP contribution < -0.4 is 4.74 Å². The highest BCUT2D eigenvalue weighted by Crippen LogP contribution is 2.33. The number of thiol groups is 1. The number of ether oxygens (including phenoxy) is 1. The Labute approximate surface area is 129 Å². The van der Waals surface area contributed by atoms with Crippen LogP contribution in [0, 0.1) is 5.41 Å². The lowest BCUT2D eigenvalue weighted by atomic mass is 9.82. The van der Waals surface area contributed by atoms with Crippen LogP contribution in [0.25, 0.3) is 0 Å². The Hall–Kier alpha value is -0.890. The van der Waals surface area contributed by atoms with Gasteiger partial charge >= 0.3 is 0 Å². The van der Waals surface area contributed by atoms with Crippen molar-refractivity contribution in [2.75, 3.05) is 12.4 Å². The van der Waals surface area contributed by atoms with Gasteiger partial charge in [-0.3, -0.25) is 0 Å². The summed E-state index contributed by atoms with van der Waals surface area (Å²) in [6.07, 6.45) is 7.48. The van der Waals surface area contributed by atoms with Crippen molar-refractivity contribution in [3.8, 4) is 5.75 Å². The van der Waals surface area contributed by atoms with Gasteiger partial charge in [0.05, 0.1) is 6.61 Å². The number of benzene rings is 1. The molecular weight excluding hydrogens is 264 g/mol. The summed E-state index contributed by atoms with van der Waals surface area (Å²) in [5, 5.41) is 0. The summed E-state index contributed by atoms with van der Waals surface area (Å²) in [5.41, 5.74) is 1.41. The molecule has 0 aromatic heterocycles. The molecule has 1 nitrogen and oxygen atoms in total. The van der Waals surface area contributed by atoms with Crippen molar-refractivity contribution in [3.63, 3.8) is 0 Å². The van der Waals surface area contributed by atoms with E-state index in [1.165, 1.54) is 31.2 Å². The van der Waals surface area contributed by atoms with E-state index in [9.17, 15) is 0 Å². The first kappa shape index (κ1) is 17.2. The molecule has 0 aliphatic carbocycles. The van der Waals surface area contributed by atoms with Gasteiger partial charge in [0.1, 0.15) is 5.75 Å². The van der Waals surface area contributed by atoms with E-state index < -0.39 is 0 Å². The van der Waals surface area contributed by atoms with Gasteiger partial charge in [0, 0.05) is 5.41 Å². The fourth-order valence-electron chi connectivity index (χ4n) is 2.73. The molecule has 0 N–H and O–H groups in total. The van der Waals surface area contributed by atoms with Gasteiger partial charge < -0.3 is 4.74 Å². The SMILES string of the molecule is C=CCc1ccccc1OCC(CS)(CCC)CCC. The number of hydrogen-bond donors (Lipinski definition) is 1. The first-order valence-corrected chi connectivity index (χ1v) is 8.27. The molecule has 2 heteroatoms. The van der Waals surface area contributed by atoms with E-state index >= 15 is 0 Å². The number of hydrogen-bond acceptors (Lipinski definition) is 2. The molecule has 0 heterocycles. The summed E-state index contributed by atoms with van der Waals surface area (Å²) in [4.78, 5) is 0. The number of rotatable bonds is 10. The monoisotopic (exact) mass is 292 g/mol. The Morgan fingerprint density at radius 2 is 1.85 bits per heavy atom. The van der Waals surface area contributed by atoms with Crippen molar-refractivity contribution >= 4 is 12.6 Å². The van der Waals surface area contributed by atoms with Crippen molar-refractivity contribution in [3.05, 3.63) is 42.5 Å². The highest BCUT2D eigenvalue weighted by Gasteiger charge is 2.28. The second-order valence-corrected chi connectivity index (χ2v) is 5.86. The van der Waals surface area contributed by atoms with Crippen LogP contribution in [0.5, 0.6) is 5.75 Å². The van der Waals surface area contributed by atoms with E-state index in [4.69, 9.17) is 4.74 Å². The van der Waals surface area contributed by atoms with Gasteiger partial charge in [-0.15, -0.1) is 6.58 Å². The van der Waals surface area contributed by atoms with Gasteiger partial charge in [-0.25, -0.2) is 0 Å². The van der Waals surface area contributed by atoms with Crippen LogP contribution in [0.3, 0.4) is 0 Å². The maximum atomic E-state index is 6.15. The van der Waals surface area contributed by atoms with Crippen molar-refractivity contribution < 1.29 is 4.74 Å². The minimum Gasteiger partial charge on any atom is -0.493 e. The molecule has 1 aromatic carbocycles. The number of para-hydroxylation sites is 1. The lowest BCUT2D eigenvalue weighted by molar-refractivity contribution is 0.143. The van der Waals surface area contributed by atoms with Crippen LogP contribution in [0.4, 0.5) is 0 Å². The maximum absolute atomic E-state index is 6.15. The first-order valence-electron chi connectivity index (χ1n) is 7.63. The topological polar surface area (TPSA) is 9.23 Å². The minimum absolute atomic E-state index is 0.202. The van der Waals surface area contributed by atoms with Gasteiger partial charge in [0.25, 0.3) is 0 Å². The molecule has 0 amide bonds. The summed E-state index contributed by atoms with van der Waals surface area (Å²) in [7, 11) is 0. The van der Waals surface area contributed by atoms with Crippen molar-refractivity contribution in [1.29, 1.82) is 0 Å². The molecule has 1 rings (SSSR count). The summed E-state index contributed by atoms with van der Waals surface area (Å²) < 4.78 is 6.15. The van der Waals surface area contributed by atoms with Crippen LogP contribution >= 0.6 is 12.6 Å². The van der Waals surface area contributed by atoms with E-state index in [0.717, 1.165) is 24.5 Å². The average Bonchev–Trinajstić information content (AvgIpc) is 2.47. The van der Waals surface area contributed by atoms with Crippen LogP contribution in [0.2, 0.25) is 0 Å². The molecule has 0 unspecified atom stereocenters. The molecule has 0 aliphatic rings. The van der Waals surface area contributed by atoms with Crippen molar-refractivity contribution in [2.45, 2.75) is 46.0 Å². The molecule has 0 saturated carbocycles. The highest BCUT2D eigenvalue weighted by molar-refractivity contribution is 7.80. The molecule has 0 aliphatic heterocycles. The Morgan fingerprint density at radius 3 is 2.40 bits per heavy atom. The quantitative estimate of drug-likeness (QED) is 0.454. The molecule has 0 saturated heterocycles. The van der Waals surface area contributed by atoms with E-state index in [1.54, 1.807) is 0 Å². The normalized spacial score (nSPS) is 11.3. The van der Waals surface area contributed by atoms with Crippen LogP contribution in [0.1, 0.15) is 45.1 Å². The molecule has 0 spiro atoms. The Balaban J connectivity index is 2.78. The summed E-state index contributed by atoms with van der Waals surface area (Å²) in [6, 6.07) is 8.25. The third kappa shape index (κ3) is 4.90. The molecule has 0 atom stereocenters. The number of allylic oxidation sites excluding steroid dienone is 1. The molecule has 20 heavy (non-hydrogen) atoms. The molecule has 112 valence electrons. The van der Waals surface area contributed by atoms with E-state index in [2.05, 4.69) is 51.3 Å². The van der Waals surface area contributed by atoms with Crippen LogP contribution in [-0.4, -0.2) is 12.4 Å². The van der Waals surface area contributed by atoms with Crippen molar-refractivity contribution in [1.82, 2.24) is 0 Å². The zero-order valence-electron chi connectivity index (χ0n) is 12.9. The lowest BCUT2D eigenvalue weighted by Gasteiger charge is -2.32. The van der Waals surface area contributed by atoms with E-state index in [-0.39, 0.29) is 5.41 Å². The second-order valence-electron chi connectivity index (χ2n) is 5.55. The predicted molar refractivity (Wildman–Crippen MR) is 91.9 cm³/mol. The smallest absolute Gasteiger partial charge is 0.122 e. The van der Waals surface area contributed by atoms with E-state index in [0.29, 0.717) is 0 Å². The zero-order chi connectivity index (χ0) is 14.8. The summed E-state index contributed by atoms with van der Waals surface area (Å²) >= 11 is 4.59. The molecular formula is C18H28OS. The zero-order valence-corrected chi connectivity index (χ0v) is 13.8. The molecule has 0 bridgehead atoms. The molecule has 0 fully saturated rings. The van der Waals surface area contributed by atoms with Gasteiger partial charge in [-0.1, -0.05) is 51.0 Å². The molecule has 1 aromatic rings. The van der Waals surface area contributed by atoms with E-state index in [1.807, 2.05) is 12.1 Å². The fourth-order valence-corrected chi connectivity index (χ4v) is 3.14. The third-order valence-electron chi connectivity index (χ3n) is 3.77. The molecule has 0 radical (unpaired) electrons. The fraction of sp³-hybridized carbons (Fsp3) is 0.556. The third-order valence-corrected chi connectivity index (χ3v) is 4.44. The van der Waals surface area contributed by atoms with Crippen molar-refractivity contribution in [2.24, 2.45) is 5.41 Å². The lowest BCUT2D eigenvalue weighted by Crippen LogP contribution is -2.30. The van der Waals surface area contributed by atoms with Crippen LogP contribution in [-0.2, 0) is 6.42 Å². The van der Waals surface area contributed by atoms with Crippen LogP contribution in [0.15, 0.2) is 36.9 Å². The summed E-state index contributed by atoms with van der Waals surface area (Å²) in [6.45, 7) is 9.04. The van der Waals surface area contributed by atoms with Gasteiger partial charge in [0.15, 0.2) is 0 Å². The predicted octanol–water partition coefficient (Wildman–Crippen LogP) is 5.31.